The summed E-state index contributed by atoms with van der Waals surface area (Å²) in [7, 11) is 0. The van der Waals surface area contributed by atoms with Gasteiger partial charge in [0.1, 0.15) is 23.3 Å². The van der Waals surface area contributed by atoms with E-state index in [1.54, 1.807) is 21.9 Å². The average molecular weight is 879 g/mol. The molecule has 0 saturated heterocycles. The summed E-state index contributed by atoms with van der Waals surface area (Å²) >= 11 is 0. The molecule has 0 atom stereocenters. The first-order chi connectivity index (χ1) is 27.6. The summed E-state index contributed by atoms with van der Waals surface area (Å²) in [5.74, 6) is 1.03. The Bertz CT molecular complexity index is 2660. The van der Waals surface area contributed by atoms with Gasteiger partial charge in [-0.25, -0.2) is 19.9 Å². The molecule has 9 rings (SSSR count). The van der Waals surface area contributed by atoms with Gasteiger partial charge in [-0.05, 0) is 86.5 Å². The first kappa shape index (κ1) is 28.3. The number of nitriles is 2. The molecule has 5 heterocycles. The molecular weight excluding hydrogens is 842 g/mol. The SMILES string of the molecule is N#Cc1ccc2[n-]c3ccc(C#N)cc3c2c1.[2H]C([2H])([2H])N1[CH-]N(c2[c-]c(N3[CH-]N(C([2H])([2H])[2H])c4nccnc43)cc(-c3c(C)cc(C)cc3C)c2)c2nccnc21.[Pt+4]. The van der Waals surface area contributed by atoms with Gasteiger partial charge in [-0.1, -0.05) is 29.8 Å². The van der Waals surface area contributed by atoms with Crippen molar-refractivity contribution in [2.75, 3.05) is 33.6 Å². The fourth-order valence-corrected chi connectivity index (χ4v) is 6.67. The smallest absolute Gasteiger partial charge is 0.657 e. The molecule has 4 aromatic carbocycles. The van der Waals surface area contributed by atoms with Crippen molar-refractivity contribution in [3.63, 3.8) is 0 Å². The topological polar surface area (TPSA) is 126 Å². The van der Waals surface area contributed by atoms with E-state index in [1.165, 1.54) is 38.1 Å². The molecular formula is C41H31N11Pt. The molecule has 0 N–H and O–H groups in total. The molecule has 0 aliphatic carbocycles. The van der Waals surface area contributed by atoms with Crippen molar-refractivity contribution in [2.24, 2.45) is 0 Å². The Labute approximate surface area is 330 Å². The van der Waals surface area contributed by atoms with Crippen LogP contribution in [-0.4, -0.2) is 33.9 Å². The number of fused-ring (bicyclic) bond motifs is 5. The molecule has 0 unspecified atom stereocenters. The number of nitrogens with zero attached hydrogens (tertiary/aromatic N) is 11. The Kier molecular flexibility index (Phi) is 7.49. The van der Waals surface area contributed by atoms with Crippen molar-refractivity contribution in [3.05, 3.63) is 133 Å². The first-order valence-corrected chi connectivity index (χ1v) is 16.1. The minimum Gasteiger partial charge on any atom is -0.657 e. The van der Waals surface area contributed by atoms with E-state index in [-0.39, 0.29) is 32.7 Å². The molecule has 11 nitrogen and oxygen atoms in total. The quantitative estimate of drug-likeness (QED) is 0.162. The van der Waals surface area contributed by atoms with Crippen molar-refractivity contribution in [3.8, 4) is 23.3 Å². The molecule has 2 aliphatic heterocycles. The van der Waals surface area contributed by atoms with Crippen LogP contribution in [-0.2, 0) is 21.1 Å². The van der Waals surface area contributed by atoms with Gasteiger partial charge in [0.2, 0.25) is 0 Å². The average Bonchev–Trinajstić information content (AvgIpc) is 3.89. The van der Waals surface area contributed by atoms with Gasteiger partial charge in [0.15, 0.2) is 0 Å². The van der Waals surface area contributed by atoms with E-state index in [4.69, 9.17) is 18.7 Å². The van der Waals surface area contributed by atoms with Gasteiger partial charge in [-0.2, -0.15) is 10.5 Å². The van der Waals surface area contributed by atoms with Gasteiger partial charge in [0, 0.05) is 33.0 Å². The third kappa shape index (κ3) is 6.30. The summed E-state index contributed by atoms with van der Waals surface area (Å²) in [4.78, 5) is 27.3. The fourth-order valence-electron chi connectivity index (χ4n) is 6.67. The zero-order valence-corrected chi connectivity index (χ0v) is 30.7. The van der Waals surface area contributed by atoms with E-state index in [9.17, 15) is 0 Å². The molecule has 0 saturated carbocycles. The number of hydrogen-bond acceptors (Lipinski definition) is 10. The van der Waals surface area contributed by atoms with Crippen molar-refractivity contribution < 1.29 is 29.3 Å². The summed E-state index contributed by atoms with van der Waals surface area (Å²) in [6.45, 7) is 3.97. The van der Waals surface area contributed by atoms with Crippen molar-refractivity contribution in [2.45, 2.75) is 20.8 Å². The van der Waals surface area contributed by atoms with Crippen molar-refractivity contribution in [1.29, 1.82) is 10.5 Å². The zero-order valence-electron chi connectivity index (χ0n) is 34.5. The molecule has 0 amide bonds. The van der Waals surface area contributed by atoms with Crippen LogP contribution in [0, 0.1) is 62.8 Å². The van der Waals surface area contributed by atoms with Crippen LogP contribution >= 0.6 is 0 Å². The Morgan fingerprint density at radius 3 is 1.55 bits per heavy atom. The number of aromatic nitrogens is 5. The normalized spacial score (nSPS) is 15.0. The van der Waals surface area contributed by atoms with Gasteiger partial charge < -0.3 is 24.6 Å². The largest absolute Gasteiger partial charge is 4.00 e. The van der Waals surface area contributed by atoms with Gasteiger partial charge in [-0.15, -0.1) is 59.5 Å². The number of rotatable bonds is 3. The second kappa shape index (κ2) is 14.0. The maximum absolute atomic E-state index is 8.88. The second-order valence-corrected chi connectivity index (χ2v) is 12.3. The Balaban J connectivity index is 0.000000244. The summed E-state index contributed by atoms with van der Waals surface area (Å²) < 4.78 is 48.3. The van der Waals surface area contributed by atoms with Crippen LogP contribution in [0.25, 0.3) is 32.9 Å². The second-order valence-electron chi connectivity index (χ2n) is 12.3. The van der Waals surface area contributed by atoms with Crippen LogP contribution in [0.4, 0.5) is 34.6 Å². The molecule has 0 fully saturated rings. The van der Waals surface area contributed by atoms with E-state index >= 15 is 0 Å². The molecule has 3 aromatic heterocycles. The Hall–Kier alpha value is -6.29. The van der Waals surface area contributed by atoms with Crippen LogP contribution in [0.15, 0.2) is 85.5 Å². The molecule has 12 heteroatoms. The van der Waals surface area contributed by atoms with Gasteiger partial charge in [-0.3, -0.25) is 0 Å². The Morgan fingerprint density at radius 2 is 1.11 bits per heavy atom. The van der Waals surface area contributed by atoms with E-state index in [1.807, 2.05) is 57.2 Å². The monoisotopic (exact) mass is 878 g/mol. The molecule has 53 heavy (non-hydrogen) atoms. The molecule has 2 aliphatic rings. The molecule has 0 radical (unpaired) electrons. The number of benzene rings is 4. The van der Waals surface area contributed by atoms with E-state index < -0.39 is 14.0 Å². The maximum atomic E-state index is 8.88. The molecule has 0 bridgehead atoms. The summed E-state index contributed by atoms with van der Waals surface area (Å²) in [6.07, 6.45) is 5.88. The van der Waals surface area contributed by atoms with Crippen LogP contribution in [0.3, 0.4) is 0 Å². The molecule has 260 valence electrons. The van der Waals surface area contributed by atoms with E-state index in [2.05, 4.69) is 55.3 Å². The predicted octanol–water partition coefficient (Wildman–Crippen LogP) is 7.76. The molecule has 0 spiro atoms. The van der Waals surface area contributed by atoms with Crippen LogP contribution in [0.2, 0.25) is 0 Å². The van der Waals surface area contributed by atoms with Gasteiger partial charge >= 0.3 is 21.1 Å². The number of hydrogen-bond donors (Lipinski definition) is 0. The first-order valence-electron chi connectivity index (χ1n) is 19.1. The Morgan fingerprint density at radius 1 is 0.660 bits per heavy atom. The number of anilines is 6. The van der Waals surface area contributed by atoms with Crippen LogP contribution in [0.1, 0.15) is 36.0 Å². The summed E-state index contributed by atoms with van der Waals surface area (Å²) in [6, 6.07) is 26.4. The maximum Gasteiger partial charge on any atom is 4.00 e. The van der Waals surface area contributed by atoms with E-state index in [0.29, 0.717) is 34.1 Å². The standard InChI is InChI=1S/C27H25N8.C14H6N3.Pt/c1-17-10-18(2)23(19(3)11-17)20-12-21(34-15-32(4)24-26(34)30-8-6-28-24)14-22(13-20)35-16-33(5)25-27(35)31-9-7-29-25;15-7-9-1-3-13-11(5-9)12-6-10(8-16)2-4-14(12)17-13;/h6-13,15-16H,1-5H3;1-6H;/q-3;-1;+4/i4D3,5D3;;. The summed E-state index contributed by atoms with van der Waals surface area (Å²) in [5, 5.41) is 19.6. The van der Waals surface area contributed by atoms with Crippen molar-refractivity contribution >= 4 is 56.5 Å². The third-order valence-corrected chi connectivity index (χ3v) is 8.80. The predicted molar refractivity (Wildman–Crippen MR) is 203 cm³/mol. The van der Waals surface area contributed by atoms with Crippen LogP contribution < -0.4 is 24.6 Å². The van der Waals surface area contributed by atoms with E-state index in [0.717, 1.165) is 59.4 Å². The zero-order chi connectivity index (χ0) is 41.1. The van der Waals surface area contributed by atoms with Crippen LogP contribution in [0.5, 0.6) is 0 Å². The minimum atomic E-state index is -2.50. The van der Waals surface area contributed by atoms with Gasteiger partial charge in [0.05, 0.1) is 23.3 Å². The fraction of sp³-hybridized carbons (Fsp3) is 0.122. The summed E-state index contributed by atoms with van der Waals surface area (Å²) in [5.41, 5.74) is 8.93. The third-order valence-electron chi connectivity index (χ3n) is 8.80. The number of aryl methyl sites for hydroxylation is 3. The minimum absolute atomic E-state index is 0. The molecule has 7 aromatic rings. The van der Waals surface area contributed by atoms with Gasteiger partial charge in [0.25, 0.3) is 0 Å². The van der Waals surface area contributed by atoms with Crippen molar-refractivity contribution in [1.82, 2.24) is 24.9 Å².